The van der Waals surface area contributed by atoms with Gasteiger partial charge in [-0.1, -0.05) is 18.2 Å². The minimum atomic E-state index is -3.56. The maximum absolute atomic E-state index is 11.2. The van der Waals surface area contributed by atoms with Gasteiger partial charge < -0.3 is 8.92 Å². The van der Waals surface area contributed by atoms with Crippen LogP contribution in [0.15, 0.2) is 48.5 Å². The molecule has 0 fully saturated rings. The fourth-order valence-corrected chi connectivity index (χ4v) is 2.36. The highest BCUT2D eigenvalue weighted by Crippen LogP contribution is 2.20. The van der Waals surface area contributed by atoms with Gasteiger partial charge in [0.25, 0.3) is 0 Å². The molecule has 0 aliphatic rings. The number of aldehydes is 1. The molecule has 22 heavy (non-hydrogen) atoms. The molecule has 0 atom stereocenters. The summed E-state index contributed by atoms with van der Waals surface area (Å²) in [5, 5.41) is 0. The Labute approximate surface area is 129 Å². The van der Waals surface area contributed by atoms with E-state index >= 15 is 0 Å². The van der Waals surface area contributed by atoms with Gasteiger partial charge in [-0.2, -0.15) is 8.42 Å². The van der Waals surface area contributed by atoms with Crippen LogP contribution in [-0.2, 0) is 16.5 Å². The van der Waals surface area contributed by atoms with Gasteiger partial charge >= 0.3 is 10.1 Å². The van der Waals surface area contributed by atoms with Crippen LogP contribution in [0.3, 0.4) is 0 Å². The van der Waals surface area contributed by atoms with Crippen LogP contribution in [0.4, 0.5) is 0 Å². The predicted octanol–water partition coefficient (Wildman–Crippen LogP) is 2.46. The summed E-state index contributed by atoms with van der Waals surface area (Å²) in [5.74, 6) is 0.956. The van der Waals surface area contributed by atoms with E-state index in [1.165, 1.54) is 0 Å². The van der Waals surface area contributed by atoms with Crippen molar-refractivity contribution in [1.29, 1.82) is 0 Å². The Bertz CT molecular complexity index is 735. The van der Waals surface area contributed by atoms with Gasteiger partial charge in [0.15, 0.2) is 0 Å². The first-order valence-corrected chi connectivity index (χ1v) is 8.45. The topological polar surface area (TPSA) is 69.7 Å². The first-order chi connectivity index (χ1) is 10.5. The summed E-state index contributed by atoms with van der Waals surface area (Å²) in [4.78, 5) is 10.6. The smallest absolute Gasteiger partial charge is 0.306 e. The van der Waals surface area contributed by atoms with Crippen molar-refractivity contribution in [2.24, 2.45) is 0 Å². The highest BCUT2D eigenvalue weighted by molar-refractivity contribution is 7.86. The van der Waals surface area contributed by atoms with E-state index in [0.29, 0.717) is 30.1 Å². The second kappa shape index (κ2) is 7.09. The highest BCUT2D eigenvalue weighted by Gasteiger charge is 2.09. The van der Waals surface area contributed by atoms with Crippen molar-refractivity contribution in [3.8, 4) is 11.5 Å². The largest absolute Gasteiger partial charge is 0.493 e. The molecule has 0 aliphatic heterocycles. The summed E-state index contributed by atoms with van der Waals surface area (Å²) in [7, 11) is -3.56. The molecule has 0 aliphatic carbocycles. The van der Waals surface area contributed by atoms with Crippen LogP contribution in [-0.4, -0.2) is 27.6 Å². The molecule has 0 N–H and O–H groups in total. The molecular weight excluding hydrogens is 304 g/mol. The lowest BCUT2D eigenvalue weighted by molar-refractivity contribution is 0.112. The molecule has 116 valence electrons. The summed E-state index contributed by atoms with van der Waals surface area (Å²) in [6.07, 6.45) is 2.28. The molecule has 0 aromatic heterocycles. The first kappa shape index (κ1) is 16.0. The van der Waals surface area contributed by atoms with Gasteiger partial charge in [-0.15, -0.1) is 0 Å². The lowest BCUT2D eigenvalue weighted by Crippen LogP contribution is -2.09. The number of rotatable bonds is 7. The molecule has 0 unspecified atom stereocenters. The Morgan fingerprint density at radius 2 is 1.73 bits per heavy atom. The van der Waals surface area contributed by atoms with Crippen molar-refractivity contribution in [3.05, 3.63) is 59.7 Å². The quantitative estimate of drug-likeness (QED) is 0.579. The van der Waals surface area contributed by atoms with Crippen molar-refractivity contribution < 1.29 is 22.1 Å². The minimum Gasteiger partial charge on any atom is -0.493 e. The van der Waals surface area contributed by atoms with E-state index in [-0.39, 0.29) is 0 Å². The van der Waals surface area contributed by atoms with Crippen molar-refractivity contribution in [1.82, 2.24) is 0 Å². The standard InChI is InChI=1S/C16H16O5S/c1-22(18,19)21-16-5-3-2-4-14(16)10-11-20-15-8-6-13(12-17)7-9-15/h2-9,12H,10-11H2,1H3. The zero-order valence-corrected chi connectivity index (χ0v) is 12.9. The van der Waals surface area contributed by atoms with Crippen molar-refractivity contribution in [3.63, 3.8) is 0 Å². The van der Waals surface area contributed by atoms with Crippen LogP contribution in [0.1, 0.15) is 15.9 Å². The normalized spacial score (nSPS) is 11.0. The van der Waals surface area contributed by atoms with Crippen LogP contribution in [0, 0.1) is 0 Å². The van der Waals surface area contributed by atoms with Gasteiger partial charge in [0.1, 0.15) is 17.8 Å². The molecule has 0 spiro atoms. The maximum Gasteiger partial charge on any atom is 0.306 e. The predicted molar refractivity (Wildman–Crippen MR) is 82.9 cm³/mol. The van der Waals surface area contributed by atoms with E-state index in [1.807, 2.05) is 6.07 Å². The molecule has 0 saturated carbocycles. The van der Waals surface area contributed by atoms with Gasteiger partial charge in [-0.25, -0.2) is 0 Å². The summed E-state index contributed by atoms with van der Waals surface area (Å²) < 4.78 is 33.0. The van der Waals surface area contributed by atoms with E-state index in [4.69, 9.17) is 8.92 Å². The Kier molecular flexibility index (Phi) is 5.16. The van der Waals surface area contributed by atoms with Gasteiger partial charge in [0.2, 0.25) is 0 Å². The average Bonchev–Trinajstić information content (AvgIpc) is 2.48. The summed E-state index contributed by atoms with van der Waals surface area (Å²) >= 11 is 0. The zero-order chi connectivity index (χ0) is 16.0. The third-order valence-electron chi connectivity index (χ3n) is 2.87. The molecule has 2 aromatic rings. The van der Waals surface area contributed by atoms with Crippen LogP contribution < -0.4 is 8.92 Å². The molecule has 0 radical (unpaired) electrons. The molecule has 2 aromatic carbocycles. The van der Waals surface area contributed by atoms with Crippen LogP contribution in [0.5, 0.6) is 11.5 Å². The fraction of sp³-hybridized carbons (Fsp3) is 0.188. The Hall–Kier alpha value is -2.34. The highest BCUT2D eigenvalue weighted by atomic mass is 32.2. The van der Waals surface area contributed by atoms with Crippen LogP contribution in [0.2, 0.25) is 0 Å². The lowest BCUT2D eigenvalue weighted by atomic mass is 10.1. The second-order valence-electron chi connectivity index (χ2n) is 4.68. The Morgan fingerprint density at radius 3 is 2.36 bits per heavy atom. The molecule has 0 amide bonds. The number of carbonyl (C=O) groups is 1. The second-order valence-corrected chi connectivity index (χ2v) is 6.26. The van der Waals surface area contributed by atoms with Crippen LogP contribution >= 0.6 is 0 Å². The molecule has 5 nitrogen and oxygen atoms in total. The molecule has 0 saturated heterocycles. The van der Waals surface area contributed by atoms with E-state index in [0.717, 1.165) is 18.1 Å². The van der Waals surface area contributed by atoms with Gasteiger partial charge in [-0.05, 0) is 35.9 Å². The minimum absolute atomic E-state index is 0.310. The van der Waals surface area contributed by atoms with Gasteiger partial charge in [-0.3, -0.25) is 4.79 Å². The third kappa shape index (κ3) is 4.89. The number of para-hydroxylation sites is 1. The molecule has 2 rings (SSSR count). The van der Waals surface area contributed by atoms with Gasteiger partial charge in [0, 0.05) is 12.0 Å². The fourth-order valence-electron chi connectivity index (χ4n) is 1.88. The molecule has 6 heteroatoms. The van der Waals surface area contributed by atoms with Crippen LogP contribution in [0.25, 0.3) is 0 Å². The molecular formula is C16H16O5S. The summed E-state index contributed by atoms with van der Waals surface area (Å²) in [6, 6.07) is 13.7. The number of benzene rings is 2. The van der Waals surface area contributed by atoms with E-state index in [1.54, 1.807) is 42.5 Å². The number of hydrogen-bond donors (Lipinski definition) is 0. The monoisotopic (exact) mass is 320 g/mol. The van der Waals surface area contributed by atoms with Crippen molar-refractivity contribution in [2.45, 2.75) is 6.42 Å². The van der Waals surface area contributed by atoms with E-state index in [9.17, 15) is 13.2 Å². The number of hydrogen-bond acceptors (Lipinski definition) is 5. The van der Waals surface area contributed by atoms with E-state index in [2.05, 4.69) is 0 Å². The summed E-state index contributed by atoms with van der Waals surface area (Å²) in [5.41, 5.74) is 1.33. The summed E-state index contributed by atoms with van der Waals surface area (Å²) in [6.45, 7) is 0.366. The molecule has 0 heterocycles. The maximum atomic E-state index is 11.2. The number of ether oxygens (including phenoxy) is 1. The lowest BCUT2D eigenvalue weighted by Gasteiger charge is -2.10. The Morgan fingerprint density at radius 1 is 1.05 bits per heavy atom. The first-order valence-electron chi connectivity index (χ1n) is 6.63. The van der Waals surface area contributed by atoms with Gasteiger partial charge in [0.05, 0.1) is 12.9 Å². The Balaban J connectivity index is 1.97. The van der Waals surface area contributed by atoms with Crippen molar-refractivity contribution in [2.75, 3.05) is 12.9 Å². The average molecular weight is 320 g/mol. The third-order valence-corrected chi connectivity index (χ3v) is 3.35. The number of carbonyl (C=O) groups excluding carboxylic acids is 1. The molecule has 0 bridgehead atoms. The SMILES string of the molecule is CS(=O)(=O)Oc1ccccc1CCOc1ccc(C=O)cc1. The van der Waals surface area contributed by atoms with E-state index < -0.39 is 10.1 Å². The van der Waals surface area contributed by atoms with Crippen molar-refractivity contribution >= 4 is 16.4 Å². The zero-order valence-electron chi connectivity index (χ0n) is 12.1.